The van der Waals surface area contributed by atoms with Crippen LogP contribution < -0.4 is 0 Å². The molecule has 11 heteroatoms. The van der Waals surface area contributed by atoms with Gasteiger partial charge in [0.05, 0.1) is 15.7 Å². The van der Waals surface area contributed by atoms with Crippen LogP contribution in [0.15, 0.2) is 59.1 Å². The average molecular weight is 595 g/mol. The van der Waals surface area contributed by atoms with Crippen molar-refractivity contribution >= 4 is 36.7 Å². The largest absolute Gasteiger partial charge is 0.382 e. The number of rotatable bonds is 8. The van der Waals surface area contributed by atoms with Crippen molar-refractivity contribution in [3.05, 3.63) is 76.6 Å². The smallest absolute Gasteiger partial charge is 0.268 e. The fourth-order valence-corrected chi connectivity index (χ4v) is 8.94. The van der Waals surface area contributed by atoms with Crippen molar-refractivity contribution in [2.75, 3.05) is 27.2 Å². The lowest BCUT2D eigenvalue weighted by Gasteiger charge is -2.32. The van der Waals surface area contributed by atoms with Crippen LogP contribution in [0.3, 0.4) is 0 Å². The van der Waals surface area contributed by atoms with Crippen molar-refractivity contribution < 1.29 is 21.6 Å². The maximum absolute atomic E-state index is 14.1. The average Bonchev–Trinajstić information content (AvgIpc) is 3.73. The SMILES string of the molecule is Cc1ccc(S(=O)(=O)n2c(C(=O)/C(C#N)=C/N(C)C)cc3cc(C)c(C4CCN(S(=O)(=O)C5CC5)CC4)cc32)cc1. The number of hydrogen-bond acceptors (Lipinski definition) is 7. The van der Waals surface area contributed by atoms with E-state index in [1.807, 2.05) is 32.0 Å². The quantitative estimate of drug-likeness (QED) is 0.216. The third-order valence-corrected chi connectivity index (χ3v) is 12.0. The second kappa shape index (κ2) is 10.7. The summed E-state index contributed by atoms with van der Waals surface area (Å²) in [5.41, 5.74) is 2.82. The van der Waals surface area contributed by atoms with Crippen LogP contribution in [-0.4, -0.2) is 68.2 Å². The molecule has 41 heavy (non-hydrogen) atoms. The minimum absolute atomic E-state index is 0.0328. The van der Waals surface area contributed by atoms with E-state index in [2.05, 4.69) is 0 Å². The number of aromatic nitrogens is 1. The van der Waals surface area contributed by atoms with Crippen molar-refractivity contribution in [3.8, 4) is 6.07 Å². The van der Waals surface area contributed by atoms with E-state index in [0.717, 1.165) is 33.5 Å². The highest BCUT2D eigenvalue weighted by molar-refractivity contribution is 7.90. The number of piperidine rings is 1. The molecule has 2 aliphatic rings. The Hall–Kier alpha value is -3.46. The summed E-state index contributed by atoms with van der Waals surface area (Å²) >= 11 is 0. The number of fused-ring (bicyclic) bond motifs is 1. The van der Waals surface area contributed by atoms with Crippen molar-refractivity contribution in [3.63, 3.8) is 0 Å². The molecule has 0 amide bonds. The zero-order chi connectivity index (χ0) is 29.7. The van der Waals surface area contributed by atoms with Gasteiger partial charge in [0.15, 0.2) is 0 Å². The molecule has 2 heterocycles. The Kier molecular flexibility index (Phi) is 7.61. The Morgan fingerprint density at radius 1 is 0.976 bits per heavy atom. The number of hydrogen-bond donors (Lipinski definition) is 0. The molecule has 1 saturated carbocycles. The summed E-state index contributed by atoms with van der Waals surface area (Å²) in [5, 5.41) is 10.1. The number of carbonyl (C=O) groups is 1. The minimum Gasteiger partial charge on any atom is -0.382 e. The van der Waals surface area contributed by atoms with E-state index in [9.17, 15) is 26.9 Å². The van der Waals surface area contributed by atoms with Crippen LogP contribution in [0, 0.1) is 25.2 Å². The van der Waals surface area contributed by atoms with Gasteiger partial charge in [-0.1, -0.05) is 17.7 Å². The first-order valence-corrected chi connectivity index (χ1v) is 16.6. The van der Waals surface area contributed by atoms with Crippen molar-refractivity contribution in [1.82, 2.24) is 13.2 Å². The van der Waals surface area contributed by atoms with Crippen LogP contribution in [0.4, 0.5) is 0 Å². The van der Waals surface area contributed by atoms with Crippen LogP contribution in [0.2, 0.25) is 0 Å². The minimum atomic E-state index is -4.22. The fraction of sp³-hybridized carbons (Fsp3) is 0.400. The molecular weight excluding hydrogens is 560 g/mol. The van der Waals surface area contributed by atoms with Gasteiger partial charge in [-0.25, -0.2) is 25.1 Å². The molecule has 0 atom stereocenters. The van der Waals surface area contributed by atoms with Gasteiger partial charge in [0.2, 0.25) is 15.8 Å². The van der Waals surface area contributed by atoms with Crippen LogP contribution in [0.5, 0.6) is 0 Å². The molecule has 0 radical (unpaired) electrons. The highest BCUT2D eigenvalue weighted by atomic mass is 32.2. The Morgan fingerprint density at radius 2 is 1.61 bits per heavy atom. The summed E-state index contributed by atoms with van der Waals surface area (Å²) in [6.07, 6.45) is 4.08. The van der Waals surface area contributed by atoms with Crippen LogP contribution in [0.1, 0.15) is 58.8 Å². The third kappa shape index (κ3) is 5.44. The molecule has 5 rings (SSSR count). The maximum atomic E-state index is 14.1. The van der Waals surface area contributed by atoms with Crippen molar-refractivity contribution in [2.24, 2.45) is 0 Å². The number of allylic oxidation sites excluding steroid dienone is 1. The van der Waals surface area contributed by atoms with Gasteiger partial charge < -0.3 is 4.90 Å². The number of carbonyl (C=O) groups excluding carboxylic acids is 1. The fourth-order valence-electron chi connectivity index (χ4n) is 5.57. The van der Waals surface area contributed by atoms with Gasteiger partial charge in [-0.15, -0.1) is 0 Å². The molecule has 3 aromatic rings. The molecule has 1 saturated heterocycles. The Balaban J connectivity index is 1.63. The predicted octanol–water partition coefficient (Wildman–Crippen LogP) is 4.32. The summed E-state index contributed by atoms with van der Waals surface area (Å²) in [6, 6.07) is 13.6. The van der Waals surface area contributed by atoms with E-state index in [4.69, 9.17) is 0 Å². The second-order valence-corrected chi connectivity index (χ2v) is 15.2. The van der Waals surface area contributed by atoms with Gasteiger partial charge in [-0.05, 0) is 86.9 Å². The monoisotopic (exact) mass is 594 g/mol. The number of benzene rings is 2. The lowest BCUT2D eigenvalue weighted by Crippen LogP contribution is -2.39. The first kappa shape index (κ1) is 29.0. The van der Waals surface area contributed by atoms with E-state index >= 15 is 0 Å². The Morgan fingerprint density at radius 3 is 2.17 bits per heavy atom. The van der Waals surface area contributed by atoms with Crippen LogP contribution in [-0.2, 0) is 20.0 Å². The van der Waals surface area contributed by atoms with Gasteiger partial charge in [0.25, 0.3) is 10.0 Å². The summed E-state index contributed by atoms with van der Waals surface area (Å²) in [6.45, 7) is 4.66. The van der Waals surface area contributed by atoms with E-state index < -0.39 is 25.8 Å². The second-order valence-electron chi connectivity index (χ2n) is 11.2. The molecule has 0 unspecified atom stereocenters. The van der Waals surface area contributed by atoms with Gasteiger partial charge >= 0.3 is 0 Å². The predicted molar refractivity (Wildman–Crippen MR) is 158 cm³/mol. The number of Topliss-reactive ketones (excluding diaryl/α,β-unsaturated/α-hetero) is 1. The number of nitrogens with zero attached hydrogens (tertiary/aromatic N) is 4. The molecular formula is C30H34N4O5S2. The van der Waals surface area contributed by atoms with E-state index in [-0.39, 0.29) is 27.3 Å². The van der Waals surface area contributed by atoms with Crippen LogP contribution in [0.25, 0.3) is 10.9 Å². The molecule has 2 fully saturated rings. The molecule has 0 bridgehead atoms. The van der Waals surface area contributed by atoms with Gasteiger partial charge in [0, 0.05) is 38.8 Å². The maximum Gasteiger partial charge on any atom is 0.268 e. The molecule has 0 spiro atoms. The summed E-state index contributed by atoms with van der Waals surface area (Å²) in [7, 11) is -4.10. The van der Waals surface area contributed by atoms with Gasteiger partial charge in [0.1, 0.15) is 17.3 Å². The normalized spacial score (nSPS) is 17.5. The van der Waals surface area contributed by atoms with Crippen molar-refractivity contribution in [1.29, 1.82) is 5.26 Å². The number of sulfonamides is 1. The highest BCUT2D eigenvalue weighted by Gasteiger charge is 2.41. The molecule has 1 aliphatic heterocycles. The van der Waals surface area contributed by atoms with E-state index in [1.165, 1.54) is 24.4 Å². The van der Waals surface area contributed by atoms with Crippen molar-refractivity contribution in [2.45, 2.75) is 55.6 Å². The molecule has 216 valence electrons. The summed E-state index contributed by atoms with van der Waals surface area (Å²) in [4.78, 5) is 15.2. The first-order valence-electron chi connectivity index (χ1n) is 13.6. The number of nitriles is 1. The van der Waals surface area contributed by atoms with Gasteiger partial charge in [-0.3, -0.25) is 4.79 Å². The van der Waals surface area contributed by atoms with Gasteiger partial charge in [-0.2, -0.15) is 5.26 Å². The molecule has 1 aromatic heterocycles. The summed E-state index contributed by atoms with van der Waals surface area (Å²) < 4.78 is 56.4. The standard InChI is InChI=1S/C30H34N4O5S2/c1-20-5-7-26(8-6-20)41(38,39)34-28-17-27(22-11-13-33(14-12-22)40(36,37)25-9-10-25)21(2)15-23(28)16-29(34)30(35)24(18-31)19-32(3)4/h5-8,15-17,19,22,25H,9-14H2,1-4H3/b24-19+. The Labute approximate surface area is 241 Å². The molecule has 0 N–H and O–H groups in total. The zero-order valence-corrected chi connectivity index (χ0v) is 25.3. The zero-order valence-electron chi connectivity index (χ0n) is 23.7. The molecule has 2 aromatic carbocycles. The van der Waals surface area contributed by atoms with Crippen LogP contribution >= 0.6 is 0 Å². The van der Waals surface area contributed by atoms with E-state index in [1.54, 1.807) is 35.4 Å². The number of ketones is 1. The first-order chi connectivity index (χ1) is 19.3. The highest BCUT2D eigenvalue weighted by Crippen LogP contribution is 2.38. The molecule has 9 nitrogen and oxygen atoms in total. The molecule has 1 aliphatic carbocycles. The Bertz CT molecular complexity index is 1800. The third-order valence-electron chi connectivity index (χ3n) is 7.89. The van der Waals surface area contributed by atoms with E-state index in [0.29, 0.717) is 36.8 Å². The topological polar surface area (TPSA) is 121 Å². The lowest BCUT2D eigenvalue weighted by atomic mass is 9.87. The number of aryl methyl sites for hydroxylation is 2. The summed E-state index contributed by atoms with van der Waals surface area (Å²) in [5.74, 6) is -0.649. The lowest BCUT2D eigenvalue weighted by molar-refractivity contribution is 0.103.